The number of alkyl halides is 2. The van der Waals surface area contributed by atoms with Gasteiger partial charge < -0.3 is 14.2 Å². The fraction of sp³-hybridized carbons (Fsp3) is 0.708. The van der Waals surface area contributed by atoms with Gasteiger partial charge in [-0.2, -0.15) is 0 Å². The lowest BCUT2D eigenvalue weighted by molar-refractivity contribution is -0.169. The van der Waals surface area contributed by atoms with E-state index in [0.29, 0.717) is 50.2 Å². The maximum Gasteiger partial charge on any atom is 0.335 e. The molecule has 0 bridgehead atoms. The van der Waals surface area contributed by atoms with E-state index in [1.165, 1.54) is 6.07 Å². The van der Waals surface area contributed by atoms with E-state index in [1.807, 2.05) is 0 Å². The van der Waals surface area contributed by atoms with Crippen LogP contribution in [0.2, 0.25) is 0 Å². The highest BCUT2D eigenvalue weighted by molar-refractivity contribution is 5.75. The summed E-state index contributed by atoms with van der Waals surface area (Å²) < 4.78 is 58.2. The third kappa shape index (κ3) is 5.93. The summed E-state index contributed by atoms with van der Waals surface area (Å²) >= 11 is 0. The van der Waals surface area contributed by atoms with Gasteiger partial charge in [0.25, 0.3) is 6.43 Å². The number of rotatable bonds is 8. The molecular formula is C24H33F3O4. The summed E-state index contributed by atoms with van der Waals surface area (Å²) in [5.41, 5.74) is -0.371. The van der Waals surface area contributed by atoms with Crippen LogP contribution in [-0.2, 0) is 14.3 Å². The first-order chi connectivity index (χ1) is 14.9. The third-order valence-corrected chi connectivity index (χ3v) is 6.41. The molecule has 31 heavy (non-hydrogen) atoms. The van der Waals surface area contributed by atoms with E-state index in [4.69, 9.17) is 14.2 Å². The fourth-order valence-corrected chi connectivity index (χ4v) is 4.75. The van der Waals surface area contributed by atoms with Gasteiger partial charge in [-0.1, -0.05) is 19.4 Å². The van der Waals surface area contributed by atoms with E-state index >= 15 is 0 Å². The van der Waals surface area contributed by atoms with Crippen LogP contribution < -0.4 is 4.74 Å². The molecule has 1 aliphatic carbocycles. The number of carbonyl (C=O) groups is 1. The molecule has 3 rings (SSSR count). The summed E-state index contributed by atoms with van der Waals surface area (Å²) in [6.07, 6.45) is 2.54. The molecule has 2 atom stereocenters. The molecule has 0 amide bonds. The van der Waals surface area contributed by atoms with Crippen LogP contribution in [0.15, 0.2) is 12.1 Å². The van der Waals surface area contributed by atoms with Gasteiger partial charge in [-0.05, 0) is 75.3 Å². The first kappa shape index (κ1) is 23.9. The molecule has 0 spiro atoms. The molecule has 174 valence electrons. The molecule has 1 aromatic carbocycles. The van der Waals surface area contributed by atoms with Gasteiger partial charge in [0.05, 0.1) is 18.8 Å². The number of hydrogen-bond donors (Lipinski definition) is 0. The minimum absolute atomic E-state index is 0.102. The molecule has 2 fully saturated rings. The second-order valence-electron chi connectivity index (χ2n) is 8.58. The van der Waals surface area contributed by atoms with Crippen molar-refractivity contribution in [3.05, 3.63) is 29.1 Å². The highest BCUT2D eigenvalue weighted by atomic mass is 19.3. The van der Waals surface area contributed by atoms with Crippen molar-refractivity contribution in [3.8, 4) is 5.75 Å². The normalized spacial score (nSPS) is 26.6. The van der Waals surface area contributed by atoms with Crippen molar-refractivity contribution < 1.29 is 32.2 Å². The minimum Gasteiger partial charge on any atom is -0.493 e. The second-order valence-corrected chi connectivity index (χ2v) is 8.58. The number of halogens is 3. The number of benzene rings is 1. The van der Waals surface area contributed by atoms with Crippen molar-refractivity contribution in [2.45, 2.75) is 89.8 Å². The summed E-state index contributed by atoms with van der Waals surface area (Å²) in [5.74, 6) is -0.949. The number of hydrogen-bond acceptors (Lipinski definition) is 4. The predicted molar refractivity (Wildman–Crippen MR) is 111 cm³/mol. The summed E-state index contributed by atoms with van der Waals surface area (Å²) in [4.78, 5) is 12.5. The zero-order valence-electron chi connectivity index (χ0n) is 18.4. The highest BCUT2D eigenvalue weighted by Gasteiger charge is 2.33. The molecule has 1 heterocycles. The van der Waals surface area contributed by atoms with Crippen LogP contribution in [0.1, 0.15) is 88.7 Å². The van der Waals surface area contributed by atoms with E-state index in [0.717, 1.165) is 19.3 Å². The van der Waals surface area contributed by atoms with Crippen molar-refractivity contribution in [2.24, 2.45) is 5.92 Å². The minimum atomic E-state index is -2.94. The standard InChI is InChI=1S/C24H33F3O4/c1-3-5-15-6-12-20(30-14-15)24(28)31-17-9-7-16(8-10-17)18-11-13-19(29-4-2)21(22(18)25)23(26)27/h11,13,15-17,20,23H,3-10,12,14H2,1-2H3. The molecule has 1 saturated carbocycles. The van der Waals surface area contributed by atoms with Crippen LogP contribution in [0.3, 0.4) is 0 Å². The van der Waals surface area contributed by atoms with Crippen molar-refractivity contribution in [1.82, 2.24) is 0 Å². The molecule has 2 unspecified atom stereocenters. The van der Waals surface area contributed by atoms with Crippen LogP contribution in [0.5, 0.6) is 5.75 Å². The summed E-state index contributed by atoms with van der Waals surface area (Å²) in [5, 5.41) is 0. The number of ether oxygens (including phenoxy) is 3. The Morgan fingerprint density at radius 3 is 2.45 bits per heavy atom. The Labute approximate surface area is 182 Å². The van der Waals surface area contributed by atoms with Gasteiger partial charge in [0.2, 0.25) is 0 Å². The Morgan fingerprint density at radius 2 is 1.87 bits per heavy atom. The Bertz CT molecular complexity index is 724. The monoisotopic (exact) mass is 442 g/mol. The summed E-state index contributed by atoms with van der Waals surface area (Å²) in [7, 11) is 0. The van der Waals surface area contributed by atoms with Gasteiger partial charge in [-0.3, -0.25) is 0 Å². The molecule has 7 heteroatoms. The van der Waals surface area contributed by atoms with Crippen molar-refractivity contribution in [3.63, 3.8) is 0 Å². The lowest BCUT2D eigenvalue weighted by atomic mass is 9.82. The van der Waals surface area contributed by atoms with Crippen LogP contribution >= 0.6 is 0 Å². The average molecular weight is 443 g/mol. The molecule has 1 aromatic rings. The van der Waals surface area contributed by atoms with E-state index in [2.05, 4.69) is 6.92 Å². The summed E-state index contributed by atoms with van der Waals surface area (Å²) in [6.45, 7) is 4.61. The molecule has 0 aromatic heterocycles. The molecule has 0 radical (unpaired) electrons. The lowest BCUT2D eigenvalue weighted by Gasteiger charge is -2.32. The van der Waals surface area contributed by atoms with Gasteiger partial charge in [-0.25, -0.2) is 18.0 Å². The van der Waals surface area contributed by atoms with E-state index < -0.39 is 23.9 Å². The van der Waals surface area contributed by atoms with Crippen molar-refractivity contribution in [1.29, 1.82) is 0 Å². The fourth-order valence-electron chi connectivity index (χ4n) is 4.75. The lowest BCUT2D eigenvalue weighted by Crippen LogP contribution is -2.36. The zero-order chi connectivity index (χ0) is 22.4. The molecule has 2 aliphatic rings. The largest absolute Gasteiger partial charge is 0.493 e. The Balaban J connectivity index is 1.54. The average Bonchev–Trinajstić information content (AvgIpc) is 2.75. The van der Waals surface area contributed by atoms with Crippen molar-refractivity contribution in [2.75, 3.05) is 13.2 Å². The van der Waals surface area contributed by atoms with Crippen LogP contribution in [-0.4, -0.2) is 31.4 Å². The summed E-state index contributed by atoms with van der Waals surface area (Å²) in [6, 6.07) is 2.98. The zero-order valence-corrected chi connectivity index (χ0v) is 18.4. The smallest absolute Gasteiger partial charge is 0.335 e. The second kappa shape index (κ2) is 11.2. The van der Waals surface area contributed by atoms with E-state index in [-0.39, 0.29) is 30.3 Å². The quantitative estimate of drug-likeness (QED) is 0.442. The Hall–Kier alpha value is -1.76. The van der Waals surface area contributed by atoms with Crippen LogP contribution in [0, 0.1) is 11.7 Å². The topological polar surface area (TPSA) is 44.8 Å². The molecule has 1 aliphatic heterocycles. The van der Waals surface area contributed by atoms with E-state index in [1.54, 1.807) is 13.0 Å². The first-order valence-electron chi connectivity index (χ1n) is 11.5. The SMILES string of the molecule is CCCC1CCC(C(=O)OC2CCC(c3ccc(OCC)c(C(F)F)c3F)CC2)OC1. The van der Waals surface area contributed by atoms with Crippen LogP contribution in [0.25, 0.3) is 0 Å². The molecule has 1 saturated heterocycles. The highest BCUT2D eigenvalue weighted by Crippen LogP contribution is 2.40. The molecular weight excluding hydrogens is 409 g/mol. The number of esters is 1. The Morgan fingerprint density at radius 1 is 1.13 bits per heavy atom. The van der Waals surface area contributed by atoms with Gasteiger partial charge >= 0.3 is 5.97 Å². The van der Waals surface area contributed by atoms with Gasteiger partial charge in [0, 0.05) is 0 Å². The third-order valence-electron chi connectivity index (χ3n) is 6.41. The maximum atomic E-state index is 14.9. The van der Waals surface area contributed by atoms with Crippen LogP contribution in [0.4, 0.5) is 13.2 Å². The molecule has 4 nitrogen and oxygen atoms in total. The maximum absolute atomic E-state index is 14.9. The van der Waals surface area contributed by atoms with Crippen molar-refractivity contribution >= 4 is 5.97 Å². The van der Waals surface area contributed by atoms with E-state index in [9.17, 15) is 18.0 Å². The predicted octanol–water partition coefficient (Wildman–Crippen LogP) is 6.33. The molecule has 0 N–H and O–H groups in total. The van der Waals surface area contributed by atoms with Gasteiger partial charge in [-0.15, -0.1) is 0 Å². The number of carbonyl (C=O) groups excluding carboxylic acids is 1. The Kier molecular flexibility index (Phi) is 8.64. The van der Waals surface area contributed by atoms with Gasteiger partial charge in [0.1, 0.15) is 17.7 Å². The first-order valence-corrected chi connectivity index (χ1v) is 11.5. The van der Waals surface area contributed by atoms with Gasteiger partial charge in [0.15, 0.2) is 6.10 Å².